The lowest BCUT2D eigenvalue weighted by molar-refractivity contribution is -0.123. The Morgan fingerprint density at radius 3 is 2.48 bits per heavy atom. The molecule has 0 fully saturated rings. The van der Waals surface area contributed by atoms with Crippen molar-refractivity contribution in [1.29, 1.82) is 0 Å². The van der Waals surface area contributed by atoms with Gasteiger partial charge in [0.05, 0.1) is 5.56 Å². The van der Waals surface area contributed by atoms with Crippen LogP contribution in [0.3, 0.4) is 0 Å². The maximum absolute atomic E-state index is 12.2. The second-order valence-electron chi connectivity index (χ2n) is 5.26. The fourth-order valence-corrected chi connectivity index (χ4v) is 2.70. The van der Waals surface area contributed by atoms with E-state index in [9.17, 15) is 9.59 Å². The Labute approximate surface area is 153 Å². The van der Waals surface area contributed by atoms with Gasteiger partial charge >= 0.3 is 5.97 Å². The SMILES string of the molecule is C[C@H](OC(=O)c1ccc2c(c1)OCO2)C(=O)Nc1cc(Cl)cc(Cl)c1. The topological polar surface area (TPSA) is 73.9 Å². The van der Waals surface area contributed by atoms with Crippen LogP contribution in [-0.4, -0.2) is 24.8 Å². The Bertz CT molecular complexity index is 820. The van der Waals surface area contributed by atoms with E-state index in [-0.39, 0.29) is 12.4 Å². The molecule has 2 aromatic carbocycles. The molecular formula is C17H13Cl2NO5. The first kappa shape index (κ1) is 17.4. The highest BCUT2D eigenvalue weighted by molar-refractivity contribution is 6.35. The van der Waals surface area contributed by atoms with Crippen molar-refractivity contribution in [2.75, 3.05) is 12.1 Å². The van der Waals surface area contributed by atoms with Gasteiger partial charge in [-0.1, -0.05) is 23.2 Å². The molecule has 0 unspecified atom stereocenters. The number of halogens is 2. The minimum Gasteiger partial charge on any atom is -0.454 e. The molecule has 0 aliphatic carbocycles. The van der Waals surface area contributed by atoms with Crippen molar-refractivity contribution in [2.45, 2.75) is 13.0 Å². The summed E-state index contributed by atoms with van der Waals surface area (Å²) in [5.74, 6) is -0.141. The number of fused-ring (bicyclic) bond motifs is 1. The lowest BCUT2D eigenvalue weighted by atomic mass is 10.2. The number of benzene rings is 2. The largest absolute Gasteiger partial charge is 0.454 e. The van der Waals surface area contributed by atoms with Crippen LogP contribution in [0, 0.1) is 0 Å². The number of hydrogen-bond acceptors (Lipinski definition) is 5. The summed E-state index contributed by atoms with van der Waals surface area (Å²) in [4.78, 5) is 24.3. The zero-order valence-electron chi connectivity index (χ0n) is 13.0. The number of nitrogens with one attached hydrogen (secondary N) is 1. The van der Waals surface area contributed by atoms with Gasteiger partial charge in [0.2, 0.25) is 6.79 Å². The smallest absolute Gasteiger partial charge is 0.339 e. The van der Waals surface area contributed by atoms with Crippen LogP contribution in [-0.2, 0) is 9.53 Å². The number of ether oxygens (including phenoxy) is 3. The first-order valence-corrected chi connectivity index (χ1v) is 8.05. The molecule has 1 atom stereocenters. The van der Waals surface area contributed by atoms with Gasteiger partial charge in [-0.15, -0.1) is 0 Å². The van der Waals surface area contributed by atoms with E-state index in [1.54, 1.807) is 12.1 Å². The minimum absolute atomic E-state index is 0.106. The van der Waals surface area contributed by atoms with Crippen molar-refractivity contribution in [3.05, 3.63) is 52.0 Å². The Balaban J connectivity index is 1.63. The summed E-state index contributed by atoms with van der Waals surface area (Å²) in [6, 6.07) is 9.28. The molecule has 8 heteroatoms. The van der Waals surface area contributed by atoms with Crippen molar-refractivity contribution < 1.29 is 23.8 Å². The molecule has 25 heavy (non-hydrogen) atoms. The van der Waals surface area contributed by atoms with Gasteiger partial charge in [-0.05, 0) is 43.3 Å². The van der Waals surface area contributed by atoms with Crippen LogP contribution >= 0.6 is 23.2 Å². The molecule has 1 aliphatic heterocycles. The molecule has 0 saturated heterocycles. The van der Waals surface area contributed by atoms with Gasteiger partial charge in [0, 0.05) is 15.7 Å². The molecular weight excluding hydrogens is 369 g/mol. The van der Waals surface area contributed by atoms with Gasteiger partial charge < -0.3 is 19.5 Å². The third-order valence-electron chi connectivity index (χ3n) is 3.39. The molecule has 0 saturated carbocycles. The average Bonchev–Trinajstić information content (AvgIpc) is 3.01. The summed E-state index contributed by atoms with van der Waals surface area (Å²) < 4.78 is 15.6. The molecule has 2 aromatic rings. The lowest BCUT2D eigenvalue weighted by Gasteiger charge is -2.14. The Morgan fingerprint density at radius 2 is 1.76 bits per heavy atom. The molecule has 0 bridgehead atoms. The van der Waals surface area contributed by atoms with Gasteiger partial charge in [0.1, 0.15) is 0 Å². The minimum atomic E-state index is -1.02. The van der Waals surface area contributed by atoms with E-state index in [2.05, 4.69) is 5.32 Å². The van der Waals surface area contributed by atoms with E-state index in [4.69, 9.17) is 37.4 Å². The van der Waals surface area contributed by atoms with Crippen LogP contribution < -0.4 is 14.8 Å². The summed E-state index contributed by atoms with van der Waals surface area (Å²) >= 11 is 11.8. The molecule has 1 N–H and O–H groups in total. The predicted molar refractivity (Wildman–Crippen MR) is 92.5 cm³/mol. The summed E-state index contributed by atoms with van der Waals surface area (Å²) in [6.45, 7) is 1.57. The Kier molecular flexibility index (Phi) is 5.01. The number of carbonyl (C=O) groups is 2. The third kappa shape index (κ3) is 4.15. The number of esters is 1. The first-order valence-electron chi connectivity index (χ1n) is 7.30. The predicted octanol–water partition coefficient (Wildman–Crippen LogP) is 3.91. The maximum atomic E-state index is 12.2. The standard InChI is InChI=1S/C17H13Cl2NO5/c1-9(16(21)20-13-6-11(18)5-12(19)7-13)25-17(22)10-2-3-14-15(4-10)24-8-23-14/h2-7,9H,8H2,1H3,(H,20,21)/t9-/m0/s1. The van der Waals surface area contributed by atoms with E-state index in [0.717, 1.165) is 0 Å². The van der Waals surface area contributed by atoms with Crippen molar-refractivity contribution in [3.8, 4) is 11.5 Å². The van der Waals surface area contributed by atoms with Gasteiger partial charge in [-0.25, -0.2) is 4.79 Å². The quantitative estimate of drug-likeness (QED) is 0.812. The molecule has 6 nitrogen and oxygen atoms in total. The number of amides is 1. The van der Waals surface area contributed by atoms with Crippen LogP contribution in [0.1, 0.15) is 17.3 Å². The van der Waals surface area contributed by atoms with E-state index in [1.165, 1.54) is 31.2 Å². The van der Waals surface area contributed by atoms with E-state index < -0.39 is 18.0 Å². The fraction of sp³-hybridized carbons (Fsp3) is 0.176. The molecule has 1 aliphatic rings. The van der Waals surface area contributed by atoms with Crippen LogP contribution in [0.2, 0.25) is 10.0 Å². The summed E-state index contributed by atoms with van der Waals surface area (Å²) in [6.07, 6.45) is -1.02. The molecule has 0 spiro atoms. The Morgan fingerprint density at radius 1 is 1.08 bits per heavy atom. The molecule has 1 heterocycles. The number of rotatable bonds is 4. The zero-order valence-corrected chi connectivity index (χ0v) is 14.6. The van der Waals surface area contributed by atoms with Crippen molar-refractivity contribution >= 4 is 40.8 Å². The van der Waals surface area contributed by atoms with Crippen LogP contribution in [0.5, 0.6) is 11.5 Å². The summed E-state index contributed by atoms with van der Waals surface area (Å²) in [5, 5.41) is 3.36. The fourth-order valence-electron chi connectivity index (χ4n) is 2.18. The highest BCUT2D eigenvalue weighted by Gasteiger charge is 2.22. The first-order chi connectivity index (χ1) is 11.9. The lowest BCUT2D eigenvalue weighted by Crippen LogP contribution is -2.30. The monoisotopic (exact) mass is 381 g/mol. The van der Waals surface area contributed by atoms with Crippen molar-refractivity contribution in [2.24, 2.45) is 0 Å². The second-order valence-corrected chi connectivity index (χ2v) is 6.14. The zero-order chi connectivity index (χ0) is 18.0. The highest BCUT2D eigenvalue weighted by Crippen LogP contribution is 2.32. The van der Waals surface area contributed by atoms with Gasteiger partial charge in [0.25, 0.3) is 5.91 Å². The van der Waals surface area contributed by atoms with E-state index in [1.807, 2.05) is 0 Å². The van der Waals surface area contributed by atoms with Gasteiger partial charge in [-0.2, -0.15) is 0 Å². The maximum Gasteiger partial charge on any atom is 0.339 e. The number of hydrogen-bond donors (Lipinski definition) is 1. The van der Waals surface area contributed by atoms with Gasteiger partial charge in [0.15, 0.2) is 17.6 Å². The highest BCUT2D eigenvalue weighted by atomic mass is 35.5. The molecule has 1 amide bonds. The molecule has 130 valence electrons. The van der Waals surface area contributed by atoms with Crippen LogP contribution in [0.25, 0.3) is 0 Å². The summed E-state index contributed by atoms with van der Waals surface area (Å²) in [5.41, 5.74) is 0.670. The normalized spacial score (nSPS) is 13.2. The third-order valence-corrected chi connectivity index (χ3v) is 3.83. The van der Waals surface area contributed by atoms with Crippen LogP contribution in [0.4, 0.5) is 5.69 Å². The van der Waals surface area contributed by atoms with Crippen molar-refractivity contribution in [3.63, 3.8) is 0 Å². The second kappa shape index (κ2) is 7.21. The van der Waals surface area contributed by atoms with Gasteiger partial charge in [-0.3, -0.25) is 4.79 Å². The Hall–Kier alpha value is -2.44. The molecule has 0 aromatic heterocycles. The van der Waals surface area contributed by atoms with E-state index >= 15 is 0 Å². The average molecular weight is 382 g/mol. The molecule has 3 rings (SSSR count). The molecule has 0 radical (unpaired) electrons. The van der Waals surface area contributed by atoms with E-state index in [0.29, 0.717) is 27.2 Å². The van der Waals surface area contributed by atoms with Crippen molar-refractivity contribution in [1.82, 2.24) is 0 Å². The number of anilines is 1. The van der Waals surface area contributed by atoms with Crippen LogP contribution in [0.15, 0.2) is 36.4 Å². The summed E-state index contributed by atoms with van der Waals surface area (Å²) in [7, 11) is 0. The number of carbonyl (C=O) groups excluding carboxylic acids is 2.